The molecule has 1 aromatic carbocycles. The lowest BCUT2D eigenvalue weighted by atomic mass is 10.1. The second-order valence-electron chi connectivity index (χ2n) is 4.46. The van der Waals surface area contributed by atoms with Gasteiger partial charge >= 0.3 is 0 Å². The van der Waals surface area contributed by atoms with Crippen LogP contribution in [0.4, 0.5) is 5.69 Å². The molecule has 0 spiro atoms. The third-order valence-corrected chi connectivity index (χ3v) is 2.87. The molecule has 3 nitrogen and oxygen atoms in total. The fourth-order valence-corrected chi connectivity index (χ4v) is 1.83. The van der Waals surface area contributed by atoms with Gasteiger partial charge in [0.15, 0.2) is 0 Å². The first kappa shape index (κ1) is 14.4. The highest BCUT2D eigenvalue weighted by Gasteiger charge is 2.03. The number of nitrogens with zero attached hydrogens (tertiary/aromatic N) is 1. The van der Waals surface area contributed by atoms with E-state index in [4.69, 9.17) is 0 Å². The molecule has 0 bridgehead atoms. The predicted molar refractivity (Wildman–Crippen MR) is 75.5 cm³/mol. The molecule has 0 radical (unpaired) electrons. The summed E-state index contributed by atoms with van der Waals surface area (Å²) in [5, 5.41) is 10.6. The van der Waals surface area contributed by atoms with E-state index in [9.17, 15) is 10.1 Å². The summed E-state index contributed by atoms with van der Waals surface area (Å²) in [5.41, 5.74) is 1.05. The Bertz CT molecular complexity index is 399. The third kappa shape index (κ3) is 5.62. The number of allylic oxidation sites excluding steroid dienone is 1. The smallest absolute Gasteiger partial charge is 0.258 e. The van der Waals surface area contributed by atoms with Crippen molar-refractivity contribution in [2.75, 3.05) is 0 Å². The van der Waals surface area contributed by atoms with Crippen LogP contribution in [-0.4, -0.2) is 4.92 Å². The number of non-ortho nitro benzene ring substituents is 1. The molecule has 0 fully saturated rings. The molecule has 0 N–H and O–H groups in total. The molecule has 1 aromatic rings. The average molecular weight is 247 g/mol. The van der Waals surface area contributed by atoms with E-state index in [-0.39, 0.29) is 10.6 Å². The molecule has 0 saturated heterocycles. The minimum absolute atomic E-state index is 0.153. The van der Waals surface area contributed by atoms with Crippen LogP contribution in [0.15, 0.2) is 30.3 Å². The highest BCUT2D eigenvalue weighted by molar-refractivity contribution is 5.53. The van der Waals surface area contributed by atoms with E-state index >= 15 is 0 Å². The maximum Gasteiger partial charge on any atom is 0.270 e. The number of unbranched alkanes of at least 4 members (excludes halogenated alkanes) is 5. The second-order valence-corrected chi connectivity index (χ2v) is 4.46. The minimum atomic E-state index is -0.359. The summed E-state index contributed by atoms with van der Waals surface area (Å²) in [6.45, 7) is 2.21. The predicted octanol–water partition coefficient (Wildman–Crippen LogP) is 4.97. The fraction of sp³-hybridized carbons (Fsp3) is 0.467. The highest BCUT2D eigenvalue weighted by Crippen LogP contribution is 2.14. The van der Waals surface area contributed by atoms with Gasteiger partial charge in [-0.25, -0.2) is 0 Å². The Morgan fingerprint density at radius 3 is 2.72 bits per heavy atom. The van der Waals surface area contributed by atoms with Gasteiger partial charge in [-0.1, -0.05) is 56.9 Å². The van der Waals surface area contributed by atoms with Gasteiger partial charge < -0.3 is 0 Å². The van der Waals surface area contributed by atoms with Crippen LogP contribution in [0.25, 0.3) is 6.08 Å². The fourth-order valence-electron chi connectivity index (χ4n) is 1.83. The Morgan fingerprint density at radius 1 is 1.22 bits per heavy atom. The molecule has 0 amide bonds. The van der Waals surface area contributed by atoms with Gasteiger partial charge in [0.05, 0.1) is 4.92 Å². The van der Waals surface area contributed by atoms with E-state index in [1.54, 1.807) is 12.1 Å². The molecule has 0 unspecified atom stereocenters. The van der Waals surface area contributed by atoms with Crippen LogP contribution < -0.4 is 0 Å². The van der Waals surface area contributed by atoms with Crippen LogP contribution in [-0.2, 0) is 0 Å². The first-order valence-corrected chi connectivity index (χ1v) is 6.65. The molecule has 98 valence electrons. The molecule has 18 heavy (non-hydrogen) atoms. The van der Waals surface area contributed by atoms with Gasteiger partial charge in [0.2, 0.25) is 0 Å². The molecule has 0 aliphatic heterocycles. The summed E-state index contributed by atoms with van der Waals surface area (Å²) in [6.07, 6.45) is 11.5. The van der Waals surface area contributed by atoms with E-state index in [0.29, 0.717) is 0 Å². The lowest BCUT2D eigenvalue weighted by molar-refractivity contribution is -0.384. The van der Waals surface area contributed by atoms with Crippen molar-refractivity contribution >= 4 is 11.8 Å². The molecule has 0 aromatic heterocycles. The van der Waals surface area contributed by atoms with Crippen molar-refractivity contribution in [2.24, 2.45) is 0 Å². The zero-order valence-electron chi connectivity index (χ0n) is 11.0. The van der Waals surface area contributed by atoms with Crippen molar-refractivity contribution in [2.45, 2.75) is 45.4 Å². The molecule has 0 heterocycles. The maximum absolute atomic E-state index is 10.6. The molecule has 3 heteroatoms. The Balaban J connectivity index is 2.33. The quantitative estimate of drug-likeness (QED) is 0.370. The largest absolute Gasteiger partial charge is 0.270 e. The van der Waals surface area contributed by atoms with Gasteiger partial charge in [-0.2, -0.15) is 0 Å². The van der Waals surface area contributed by atoms with Crippen LogP contribution in [0.5, 0.6) is 0 Å². The lowest BCUT2D eigenvalue weighted by Gasteiger charge is -1.97. The van der Waals surface area contributed by atoms with Crippen LogP contribution in [0.1, 0.15) is 51.0 Å². The average Bonchev–Trinajstić information content (AvgIpc) is 2.38. The number of benzene rings is 1. The number of hydrogen-bond donors (Lipinski definition) is 0. The van der Waals surface area contributed by atoms with Crippen LogP contribution in [0.2, 0.25) is 0 Å². The van der Waals surface area contributed by atoms with E-state index in [1.165, 1.54) is 38.2 Å². The van der Waals surface area contributed by atoms with Gasteiger partial charge in [0.25, 0.3) is 5.69 Å². The van der Waals surface area contributed by atoms with E-state index in [2.05, 4.69) is 13.0 Å². The molecule has 1 rings (SSSR count). The molecule has 0 atom stereocenters. The zero-order chi connectivity index (χ0) is 13.2. The lowest BCUT2D eigenvalue weighted by Crippen LogP contribution is -1.87. The Morgan fingerprint density at radius 2 is 2.00 bits per heavy atom. The Kier molecular flexibility index (Phi) is 6.77. The van der Waals surface area contributed by atoms with E-state index in [1.807, 2.05) is 12.1 Å². The first-order valence-electron chi connectivity index (χ1n) is 6.65. The van der Waals surface area contributed by atoms with Gasteiger partial charge in [-0.3, -0.25) is 10.1 Å². The number of hydrogen-bond acceptors (Lipinski definition) is 2. The van der Waals surface area contributed by atoms with E-state index < -0.39 is 0 Å². The summed E-state index contributed by atoms with van der Waals surface area (Å²) in [6, 6.07) is 6.73. The van der Waals surface area contributed by atoms with Crippen molar-refractivity contribution in [3.8, 4) is 0 Å². The summed E-state index contributed by atoms with van der Waals surface area (Å²) in [7, 11) is 0. The number of nitro groups is 1. The van der Waals surface area contributed by atoms with E-state index in [0.717, 1.165) is 12.0 Å². The van der Waals surface area contributed by atoms with Gasteiger partial charge in [-0.15, -0.1) is 0 Å². The minimum Gasteiger partial charge on any atom is -0.258 e. The highest BCUT2D eigenvalue weighted by atomic mass is 16.6. The van der Waals surface area contributed by atoms with Gasteiger partial charge in [0, 0.05) is 12.1 Å². The van der Waals surface area contributed by atoms with Crippen molar-refractivity contribution < 1.29 is 4.92 Å². The van der Waals surface area contributed by atoms with Crippen LogP contribution in [0, 0.1) is 10.1 Å². The zero-order valence-corrected chi connectivity index (χ0v) is 11.0. The van der Waals surface area contributed by atoms with Crippen molar-refractivity contribution in [1.82, 2.24) is 0 Å². The van der Waals surface area contributed by atoms with Gasteiger partial charge in [-0.05, 0) is 18.4 Å². The van der Waals surface area contributed by atoms with Crippen molar-refractivity contribution in [3.05, 3.63) is 46.0 Å². The standard InChI is InChI=1S/C15H21NO2/c1-2-3-4-5-6-7-8-10-14-11-9-12-15(13-14)16(17)18/h8-13H,2-7H2,1H3. The molecule has 0 aliphatic carbocycles. The number of rotatable bonds is 8. The van der Waals surface area contributed by atoms with Crippen LogP contribution >= 0.6 is 0 Å². The summed E-state index contributed by atoms with van der Waals surface area (Å²) in [4.78, 5) is 10.3. The third-order valence-electron chi connectivity index (χ3n) is 2.87. The maximum atomic E-state index is 10.6. The topological polar surface area (TPSA) is 43.1 Å². The Hall–Kier alpha value is -1.64. The summed E-state index contributed by atoms with van der Waals surface area (Å²) in [5.74, 6) is 0. The Labute approximate surface area is 109 Å². The summed E-state index contributed by atoms with van der Waals surface area (Å²) < 4.78 is 0. The van der Waals surface area contributed by atoms with Crippen LogP contribution in [0.3, 0.4) is 0 Å². The van der Waals surface area contributed by atoms with Crippen molar-refractivity contribution in [1.29, 1.82) is 0 Å². The molecular formula is C15H21NO2. The first-order chi connectivity index (χ1) is 8.74. The van der Waals surface area contributed by atoms with Gasteiger partial charge in [0.1, 0.15) is 0 Å². The molecule has 0 aliphatic rings. The number of nitro benzene ring substituents is 1. The normalized spacial score (nSPS) is 10.9. The monoisotopic (exact) mass is 247 g/mol. The molecular weight excluding hydrogens is 226 g/mol. The summed E-state index contributed by atoms with van der Waals surface area (Å²) >= 11 is 0. The second kappa shape index (κ2) is 8.45. The van der Waals surface area contributed by atoms with Crippen molar-refractivity contribution in [3.63, 3.8) is 0 Å². The SMILES string of the molecule is CCCCCCCC=Cc1cccc([N+](=O)[O-])c1. The molecule has 0 saturated carbocycles.